The fourth-order valence-corrected chi connectivity index (χ4v) is 2.59. The molecule has 0 aliphatic heterocycles. The van der Waals surface area contributed by atoms with Gasteiger partial charge in [-0.15, -0.1) is 5.10 Å². The van der Waals surface area contributed by atoms with E-state index in [1.807, 2.05) is 0 Å². The van der Waals surface area contributed by atoms with Crippen LogP contribution in [0, 0.1) is 0 Å². The lowest BCUT2D eigenvalue weighted by Crippen LogP contribution is -2.04. The molecule has 0 atom stereocenters. The van der Waals surface area contributed by atoms with Crippen LogP contribution in [-0.2, 0) is 0 Å². The lowest BCUT2D eigenvalue weighted by molar-refractivity contribution is 0.101. The molecule has 0 unspecified atom stereocenters. The van der Waals surface area contributed by atoms with Crippen LogP contribution in [-0.4, -0.2) is 25.6 Å². The summed E-state index contributed by atoms with van der Waals surface area (Å²) >= 11 is 6.15. The normalized spacial score (nSPS) is 11.3. The van der Waals surface area contributed by atoms with E-state index in [9.17, 15) is 4.79 Å². The van der Waals surface area contributed by atoms with Crippen molar-refractivity contribution in [2.45, 2.75) is 0 Å². The largest absolute Gasteiger partial charge is 0.461 e. The summed E-state index contributed by atoms with van der Waals surface area (Å²) < 4.78 is 6.54. The number of carbonyl (C=O) groups excluding carboxylic acids is 1. The van der Waals surface area contributed by atoms with Gasteiger partial charge < -0.3 is 10.2 Å². The molecule has 2 N–H and O–H groups in total. The van der Waals surface area contributed by atoms with Gasteiger partial charge in [0, 0.05) is 0 Å². The van der Waals surface area contributed by atoms with Crippen LogP contribution in [0.1, 0.15) is 16.2 Å². The third-order valence-electron chi connectivity index (χ3n) is 3.31. The molecule has 0 saturated carbocycles. The van der Waals surface area contributed by atoms with Gasteiger partial charge in [-0.25, -0.2) is 4.98 Å². The zero-order chi connectivity index (χ0) is 15.3. The van der Waals surface area contributed by atoms with E-state index in [0.717, 1.165) is 0 Å². The SMILES string of the molecule is Nc1nc2c(C(=O)c3ccco3)nnn2c2cccc(Cl)c12. The molecule has 4 aromatic rings. The third-order valence-corrected chi connectivity index (χ3v) is 3.62. The summed E-state index contributed by atoms with van der Waals surface area (Å²) in [5, 5.41) is 8.93. The summed E-state index contributed by atoms with van der Waals surface area (Å²) in [7, 11) is 0. The predicted octanol–water partition coefficient (Wildman–Crippen LogP) is 2.34. The Morgan fingerprint density at radius 3 is 2.91 bits per heavy atom. The van der Waals surface area contributed by atoms with Crippen molar-refractivity contribution in [1.82, 2.24) is 19.8 Å². The number of rotatable bonds is 2. The van der Waals surface area contributed by atoms with E-state index < -0.39 is 5.78 Å². The number of anilines is 1. The molecule has 0 fully saturated rings. The van der Waals surface area contributed by atoms with Crippen LogP contribution in [0.25, 0.3) is 16.6 Å². The van der Waals surface area contributed by atoms with Crippen LogP contribution >= 0.6 is 11.6 Å². The van der Waals surface area contributed by atoms with Crippen LogP contribution in [0.5, 0.6) is 0 Å². The number of halogens is 1. The number of nitrogen functional groups attached to an aromatic ring is 1. The van der Waals surface area contributed by atoms with Gasteiger partial charge in [0.15, 0.2) is 17.1 Å². The predicted molar refractivity (Wildman–Crippen MR) is 79.9 cm³/mol. The molecule has 108 valence electrons. The van der Waals surface area contributed by atoms with Crippen molar-refractivity contribution < 1.29 is 9.21 Å². The number of hydrogen-bond donors (Lipinski definition) is 1. The molecular weight excluding hydrogens is 306 g/mol. The molecular formula is C14H8ClN5O2. The van der Waals surface area contributed by atoms with Crippen molar-refractivity contribution in [2.24, 2.45) is 0 Å². The summed E-state index contributed by atoms with van der Waals surface area (Å²) in [5.74, 6) is -0.0360. The Bertz CT molecular complexity index is 1020. The first-order valence-corrected chi connectivity index (χ1v) is 6.72. The van der Waals surface area contributed by atoms with E-state index in [2.05, 4.69) is 15.3 Å². The maximum Gasteiger partial charge on any atom is 0.252 e. The van der Waals surface area contributed by atoms with Crippen molar-refractivity contribution in [3.63, 3.8) is 0 Å². The number of ketones is 1. The number of aromatic nitrogens is 4. The second-order valence-corrected chi connectivity index (χ2v) is 5.02. The number of benzene rings is 1. The molecule has 1 aromatic carbocycles. The maximum absolute atomic E-state index is 12.4. The first-order chi connectivity index (χ1) is 10.7. The highest BCUT2D eigenvalue weighted by atomic mass is 35.5. The van der Waals surface area contributed by atoms with Crippen LogP contribution in [0.15, 0.2) is 41.0 Å². The van der Waals surface area contributed by atoms with E-state index in [4.69, 9.17) is 21.8 Å². The molecule has 0 spiro atoms. The first-order valence-electron chi connectivity index (χ1n) is 6.34. The minimum atomic E-state index is -0.409. The van der Waals surface area contributed by atoms with Gasteiger partial charge >= 0.3 is 0 Å². The van der Waals surface area contributed by atoms with Crippen LogP contribution in [0.3, 0.4) is 0 Å². The minimum absolute atomic E-state index is 0.0727. The van der Waals surface area contributed by atoms with Gasteiger partial charge in [-0.3, -0.25) is 4.79 Å². The highest BCUT2D eigenvalue weighted by molar-refractivity contribution is 6.36. The van der Waals surface area contributed by atoms with Gasteiger partial charge in [-0.05, 0) is 24.3 Å². The number of fused-ring (bicyclic) bond motifs is 3. The fourth-order valence-electron chi connectivity index (χ4n) is 2.32. The number of nitrogens with two attached hydrogens (primary N) is 1. The molecule has 0 aliphatic rings. The molecule has 4 rings (SSSR count). The molecule has 7 nitrogen and oxygen atoms in total. The number of carbonyl (C=O) groups is 1. The highest BCUT2D eigenvalue weighted by Gasteiger charge is 2.22. The maximum atomic E-state index is 12.4. The van der Waals surface area contributed by atoms with Crippen molar-refractivity contribution in [1.29, 1.82) is 0 Å². The van der Waals surface area contributed by atoms with Crippen LogP contribution < -0.4 is 5.73 Å². The van der Waals surface area contributed by atoms with Crippen molar-refractivity contribution in [2.75, 3.05) is 5.73 Å². The van der Waals surface area contributed by atoms with E-state index in [1.54, 1.807) is 30.3 Å². The number of hydrogen-bond acceptors (Lipinski definition) is 6. The van der Waals surface area contributed by atoms with Crippen LogP contribution in [0.4, 0.5) is 5.82 Å². The number of furan rings is 1. The smallest absolute Gasteiger partial charge is 0.252 e. The first kappa shape index (κ1) is 12.8. The highest BCUT2D eigenvalue weighted by Crippen LogP contribution is 2.28. The molecule has 3 heterocycles. The Hall–Kier alpha value is -2.93. The van der Waals surface area contributed by atoms with Crippen molar-refractivity contribution >= 4 is 39.8 Å². The van der Waals surface area contributed by atoms with E-state index in [-0.39, 0.29) is 22.9 Å². The Kier molecular flexibility index (Phi) is 2.64. The second kappa shape index (κ2) is 4.54. The zero-order valence-corrected chi connectivity index (χ0v) is 11.8. The summed E-state index contributed by atoms with van der Waals surface area (Å²) in [6.45, 7) is 0. The lowest BCUT2D eigenvalue weighted by Gasteiger charge is -2.05. The summed E-state index contributed by atoms with van der Waals surface area (Å²) in [4.78, 5) is 16.6. The topological polar surface area (TPSA) is 99.3 Å². The second-order valence-electron chi connectivity index (χ2n) is 4.61. The van der Waals surface area contributed by atoms with Gasteiger partial charge in [0.25, 0.3) is 5.78 Å². The molecule has 0 amide bonds. The Labute approximate surface area is 128 Å². The monoisotopic (exact) mass is 313 g/mol. The molecule has 8 heteroatoms. The molecule has 0 aliphatic carbocycles. The summed E-state index contributed by atoms with van der Waals surface area (Å²) in [6.07, 6.45) is 1.41. The van der Waals surface area contributed by atoms with Crippen LogP contribution in [0.2, 0.25) is 5.02 Å². The standard InChI is InChI=1S/C14H8ClN5O2/c15-7-3-1-4-8-10(7)13(16)17-14-11(18-19-20(8)14)12(21)9-5-2-6-22-9/h1-6H,(H2,16,17). The van der Waals surface area contributed by atoms with Gasteiger partial charge in [-0.2, -0.15) is 4.52 Å². The Morgan fingerprint density at radius 2 is 2.14 bits per heavy atom. The van der Waals surface area contributed by atoms with E-state index in [1.165, 1.54) is 10.8 Å². The third kappa shape index (κ3) is 1.69. The lowest BCUT2D eigenvalue weighted by atomic mass is 10.2. The fraction of sp³-hybridized carbons (Fsp3) is 0. The molecule has 0 radical (unpaired) electrons. The van der Waals surface area contributed by atoms with Gasteiger partial charge in [0.1, 0.15) is 5.82 Å². The van der Waals surface area contributed by atoms with Crippen molar-refractivity contribution in [3.05, 3.63) is 53.1 Å². The average Bonchev–Trinajstić information content (AvgIpc) is 3.16. The van der Waals surface area contributed by atoms with Crippen molar-refractivity contribution in [3.8, 4) is 0 Å². The molecule has 3 aromatic heterocycles. The summed E-state index contributed by atoms with van der Waals surface area (Å²) in [5.41, 5.74) is 6.93. The van der Waals surface area contributed by atoms with E-state index in [0.29, 0.717) is 15.9 Å². The quantitative estimate of drug-likeness (QED) is 0.570. The number of nitrogens with zero attached hydrogens (tertiary/aromatic N) is 4. The summed E-state index contributed by atoms with van der Waals surface area (Å²) in [6, 6.07) is 8.42. The molecule has 0 saturated heterocycles. The van der Waals surface area contributed by atoms with E-state index >= 15 is 0 Å². The molecule has 22 heavy (non-hydrogen) atoms. The Morgan fingerprint density at radius 1 is 1.27 bits per heavy atom. The Balaban J connectivity index is 2.04. The van der Waals surface area contributed by atoms with Gasteiger partial charge in [0.05, 0.1) is 22.2 Å². The zero-order valence-electron chi connectivity index (χ0n) is 11.0. The van der Waals surface area contributed by atoms with Gasteiger partial charge in [-0.1, -0.05) is 22.9 Å². The average molecular weight is 314 g/mol. The van der Waals surface area contributed by atoms with Gasteiger partial charge in [0.2, 0.25) is 0 Å². The minimum Gasteiger partial charge on any atom is -0.461 e. The molecule has 0 bridgehead atoms.